The zero-order valence-corrected chi connectivity index (χ0v) is 13.5. The summed E-state index contributed by atoms with van der Waals surface area (Å²) in [7, 11) is -3.60. The molecule has 0 aliphatic carbocycles. The number of piperidine rings is 1. The number of hydrogen-bond acceptors (Lipinski definition) is 4. The van der Waals surface area contributed by atoms with E-state index in [2.05, 4.69) is 13.8 Å². The number of aryl methyl sites for hydroxylation is 1. The molecule has 20 heavy (non-hydrogen) atoms. The third-order valence-corrected chi connectivity index (χ3v) is 6.71. The molecule has 0 unspecified atom stereocenters. The molecular formula is C13H19NO4S2. The molecular weight excluding hydrogens is 298 g/mol. The van der Waals surface area contributed by atoms with E-state index in [1.807, 2.05) is 0 Å². The van der Waals surface area contributed by atoms with Gasteiger partial charge in [-0.2, -0.15) is 4.31 Å². The molecule has 2 rings (SSSR count). The summed E-state index contributed by atoms with van der Waals surface area (Å²) in [5.41, 5.74) is -0.0368. The molecule has 1 aromatic rings. The van der Waals surface area contributed by atoms with Crippen molar-refractivity contribution in [1.82, 2.24) is 4.31 Å². The predicted octanol–water partition coefficient (Wildman–Crippen LogP) is 2.57. The summed E-state index contributed by atoms with van der Waals surface area (Å²) in [5.74, 6) is -1.08. The highest BCUT2D eigenvalue weighted by atomic mass is 32.2. The highest BCUT2D eigenvalue weighted by Crippen LogP contribution is 2.34. The van der Waals surface area contributed by atoms with Crippen molar-refractivity contribution >= 4 is 27.3 Å². The van der Waals surface area contributed by atoms with Gasteiger partial charge in [0.15, 0.2) is 0 Å². The lowest BCUT2D eigenvalue weighted by Gasteiger charge is -2.37. The highest BCUT2D eigenvalue weighted by Gasteiger charge is 2.35. The van der Waals surface area contributed by atoms with Crippen LogP contribution < -0.4 is 0 Å². The fourth-order valence-electron chi connectivity index (χ4n) is 2.54. The molecule has 1 saturated heterocycles. The van der Waals surface area contributed by atoms with Gasteiger partial charge in [0.1, 0.15) is 4.88 Å². The lowest BCUT2D eigenvalue weighted by molar-refractivity contribution is 0.0702. The van der Waals surface area contributed by atoms with Crippen LogP contribution in [0.25, 0.3) is 0 Å². The van der Waals surface area contributed by atoms with Crippen molar-refractivity contribution in [3.05, 3.63) is 15.8 Å². The predicted molar refractivity (Wildman–Crippen MR) is 77.8 cm³/mol. The molecule has 0 aromatic carbocycles. The van der Waals surface area contributed by atoms with Crippen molar-refractivity contribution in [2.24, 2.45) is 5.41 Å². The molecule has 1 aromatic heterocycles. The molecule has 2 heterocycles. The Labute approximate surface area is 123 Å². The van der Waals surface area contributed by atoms with Gasteiger partial charge in [-0.25, -0.2) is 13.2 Å². The van der Waals surface area contributed by atoms with E-state index in [1.54, 1.807) is 6.92 Å². The second-order valence-electron chi connectivity index (χ2n) is 5.94. The summed E-state index contributed by atoms with van der Waals surface area (Å²) in [5, 5.41) is 8.98. The third kappa shape index (κ3) is 2.89. The number of carboxylic acid groups (broad SMARTS) is 1. The first-order valence-corrected chi connectivity index (χ1v) is 8.73. The van der Waals surface area contributed by atoms with Crippen LogP contribution in [0.2, 0.25) is 0 Å². The quantitative estimate of drug-likeness (QED) is 0.929. The smallest absolute Gasteiger partial charge is 0.345 e. The van der Waals surface area contributed by atoms with Crippen LogP contribution in [0.1, 0.15) is 41.2 Å². The fourth-order valence-corrected chi connectivity index (χ4v) is 5.61. The van der Waals surface area contributed by atoms with E-state index in [4.69, 9.17) is 5.11 Å². The van der Waals surface area contributed by atoms with Crippen molar-refractivity contribution in [2.45, 2.75) is 38.5 Å². The Kier molecular flexibility index (Phi) is 3.96. The summed E-state index contributed by atoms with van der Waals surface area (Å²) in [6.07, 6.45) is 1.84. The van der Waals surface area contributed by atoms with E-state index < -0.39 is 16.0 Å². The molecule has 0 bridgehead atoms. The second-order valence-corrected chi connectivity index (χ2v) is 9.11. The monoisotopic (exact) mass is 317 g/mol. The van der Waals surface area contributed by atoms with Gasteiger partial charge in [0, 0.05) is 18.0 Å². The van der Waals surface area contributed by atoms with Gasteiger partial charge in [0.2, 0.25) is 10.0 Å². The molecule has 1 fully saturated rings. The molecule has 112 valence electrons. The normalized spacial score (nSPS) is 19.9. The molecule has 0 spiro atoms. The van der Waals surface area contributed by atoms with E-state index in [9.17, 15) is 13.2 Å². The molecule has 0 radical (unpaired) electrons. The topological polar surface area (TPSA) is 74.7 Å². The fraction of sp³-hybridized carbons (Fsp3) is 0.615. The van der Waals surface area contributed by atoms with Crippen LogP contribution in [0.4, 0.5) is 0 Å². The van der Waals surface area contributed by atoms with Gasteiger partial charge in [-0.3, -0.25) is 0 Å². The highest BCUT2D eigenvalue weighted by molar-refractivity contribution is 7.89. The Morgan fingerprint density at radius 1 is 1.45 bits per heavy atom. The van der Waals surface area contributed by atoms with Crippen LogP contribution >= 0.6 is 11.3 Å². The third-order valence-electron chi connectivity index (χ3n) is 3.57. The average molecular weight is 317 g/mol. The molecule has 0 saturated carbocycles. The minimum Gasteiger partial charge on any atom is -0.477 e. The molecule has 0 atom stereocenters. The van der Waals surface area contributed by atoms with Gasteiger partial charge in [-0.15, -0.1) is 11.3 Å². The zero-order chi connectivity index (χ0) is 15.1. The lowest BCUT2D eigenvalue weighted by atomic mass is 9.85. The van der Waals surface area contributed by atoms with Crippen LogP contribution in [0.15, 0.2) is 11.0 Å². The SMILES string of the molecule is Cc1sc(C(=O)O)cc1S(=O)(=O)N1CCCC(C)(C)C1. The van der Waals surface area contributed by atoms with Crippen LogP contribution in [0.5, 0.6) is 0 Å². The van der Waals surface area contributed by atoms with Gasteiger partial charge >= 0.3 is 5.97 Å². The Morgan fingerprint density at radius 3 is 2.60 bits per heavy atom. The van der Waals surface area contributed by atoms with E-state index in [0.29, 0.717) is 18.0 Å². The minimum atomic E-state index is -3.60. The van der Waals surface area contributed by atoms with Crippen molar-refractivity contribution in [3.8, 4) is 0 Å². The summed E-state index contributed by atoms with van der Waals surface area (Å²) in [6.45, 7) is 6.74. The van der Waals surface area contributed by atoms with Crippen LogP contribution in [0.3, 0.4) is 0 Å². The summed E-state index contributed by atoms with van der Waals surface area (Å²) in [6, 6.07) is 1.28. The van der Waals surface area contributed by atoms with Gasteiger partial charge in [0.05, 0.1) is 4.90 Å². The van der Waals surface area contributed by atoms with E-state index in [1.165, 1.54) is 10.4 Å². The molecule has 1 N–H and O–H groups in total. The van der Waals surface area contributed by atoms with E-state index in [-0.39, 0.29) is 15.2 Å². The number of nitrogens with zero attached hydrogens (tertiary/aromatic N) is 1. The zero-order valence-electron chi connectivity index (χ0n) is 11.8. The standard InChI is InChI=1S/C13H19NO4S2/c1-9-11(7-10(19-9)12(15)16)20(17,18)14-6-4-5-13(2,3)8-14/h7H,4-6,8H2,1-3H3,(H,15,16). The Morgan fingerprint density at radius 2 is 2.10 bits per heavy atom. The van der Waals surface area contributed by atoms with Crippen LogP contribution in [0, 0.1) is 12.3 Å². The molecule has 5 nitrogen and oxygen atoms in total. The van der Waals surface area contributed by atoms with Gasteiger partial charge < -0.3 is 5.11 Å². The molecule has 1 aliphatic rings. The largest absolute Gasteiger partial charge is 0.477 e. The van der Waals surface area contributed by atoms with Crippen molar-refractivity contribution in [1.29, 1.82) is 0 Å². The number of carbonyl (C=O) groups is 1. The second kappa shape index (κ2) is 5.13. The number of thiophene rings is 1. The average Bonchev–Trinajstić information content (AvgIpc) is 2.71. The lowest BCUT2D eigenvalue weighted by Crippen LogP contribution is -2.43. The first-order chi connectivity index (χ1) is 9.13. The van der Waals surface area contributed by atoms with Gasteiger partial charge in [-0.1, -0.05) is 13.8 Å². The summed E-state index contributed by atoms with van der Waals surface area (Å²) < 4.78 is 26.8. The summed E-state index contributed by atoms with van der Waals surface area (Å²) in [4.78, 5) is 11.7. The maximum Gasteiger partial charge on any atom is 0.345 e. The number of hydrogen-bond donors (Lipinski definition) is 1. The molecule has 0 amide bonds. The molecule has 1 aliphatic heterocycles. The first kappa shape index (κ1) is 15.5. The van der Waals surface area contributed by atoms with E-state index >= 15 is 0 Å². The number of carboxylic acids is 1. The van der Waals surface area contributed by atoms with E-state index in [0.717, 1.165) is 24.2 Å². The number of aromatic carboxylic acids is 1. The molecule has 7 heteroatoms. The Bertz CT molecular complexity index is 631. The Hall–Kier alpha value is -0.920. The Balaban J connectivity index is 2.37. The maximum atomic E-state index is 12.7. The van der Waals surface area contributed by atoms with Crippen molar-refractivity contribution in [3.63, 3.8) is 0 Å². The summed E-state index contributed by atoms with van der Waals surface area (Å²) >= 11 is 1.01. The van der Waals surface area contributed by atoms with Crippen LogP contribution in [-0.4, -0.2) is 36.9 Å². The van der Waals surface area contributed by atoms with Crippen molar-refractivity contribution < 1.29 is 18.3 Å². The maximum absolute atomic E-state index is 12.7. The van der Waals surface area contributed by atoms with Crippen molar-refractivity contribution in [2.75, 3.05) is 13.1 Å². The first-order valence-electron chi connectivity index (χ1n) is 6.47. The number of rotatable bonds is 3. The van der Waals surface area contributed by atoms with Gasteiger partial charge in [-0.05, 0) is 31.2 Å². The van der Waals surface area contributed by atoms with Gasteiger partial charge in [0.25, 0.3) is 0 Å². The van der Waals surface area contributed by atoms with Crippen LogP contribution in [-0.2, 0) is 10.0 Å². The number of sulfonamides is 1. The minimum absolute atomic E-state index is 0.0368.